The van der Waals surface area contributed by atoms with Crippen molar-refractivity contribution in [3.63, 3.8) is 0 Å². The van der Waals surface area contributed by atoms with Crippen molar-refractivity contribution in [1.82, 2.24) is 4.90 Å². The molecule has 146 valence electrons. The highest BCUT2D eigenvalue weighted by molar-refractivity contribution is 8.04. The quantitative estimate of drug-likeness (QED) is 0.625. The highest BCUT2D eigenvalue weighted by Gasteiger charge is 2.42. The number of carbonyl (C=O) groups is 2. The molecule has 1 heterocycles. The molecule has 1 aromatic rings. The molecule has 0 radical (unpaired) electrons. The fourth-order valence-electron chi connectivity index (χ4n) is 3.71. The molecule has 0 spiro atoms. The summed E-state index contributed by atoms with van der Waals surface area (Å²) in [4.78, 5) is 28.4. The van der Waals surface area contributed by atoms with Crippen molar-refractivity contribution in [2.24, 2.45) is 5.92 Å². The Morgan fingerprint density at radius 1 is 1.07 bits per heavy atom. The maximum atomic E-state index is 13.2. The van der Waals surface area contributed by atoms with E-state index >= 15 is 0 Å². The molecule has 1 fully saturated rings. The van der Waals surface area contributed by atoms with E-state index in [1.165, 1.54) is 23.1 Å². The second kappa shape index (κ2) is 8.96. The second-order valence-electron chi connectivity index (χ2n) is 7.64. The molecule has 3 rings (SSSR count). The van der Waals surface area contributed by atoms with Crippen LogP contribution in [0.4, 0.5) is 0 Å². The summed E-state index contributed by atoms with van der Waals surface area (Å²) in [5, 5.41) is 0. The smallest absolute Gasteiger partial charge is 0.268 e. The van der Waals surface area contributed by atoms with Gasteiger partial charge >= 0.3 is 0 Å². The lowest BCUT2D eigenvalue weighted by Gasteiger charge is -2.29. The molecular weight excluding hydrogens is 358 g/mol. The number of amides is 2. The number of ether oxygens (including phenoxy) is 1. The Hall–Kier alpha value is -1.75. The van der Waals surface area contributed by atoms with Gasteiger partial charge in [-0.3, -0.25) is 14.5 Å². The van der Waals surface area contributed by atoms with Gasteiger partial charge in [-0.1, -0.05) is 52.2 Å². The predicted molar refractivity (Wildman–Crippen MR) is 111 cm³/mol. The Bertz CT molecular complexity index is 718. The van der Waals surface area contributed by atoms with E-state index in [9.17, 15) is 9.59 Å². The van der Waals surface area contributed by atoms with Crippen molar-refractivity contribution < 1.29 is 14.3 Å². The van der Waals surface area contributed by atoms with Crippen LogP contribution in [0.15, 0.2) is 29.2 Å². The lowest BCUT2D eigenvalue weighted by atomic mass is 9.94. The molecule has 0 atom stereocenters. The van der Waals surface area contributed by atoms with Crippen molar-refractivity contribution in [2.75, 3.05) is 12.4 Å². The van der Waals surface area contributed by atoms with E-state index in [0.29, 0.717) is 23.0 Å². The minimum Gasteiger partial charge on any atom is -0.493 e. The summed E-state index contributed by atoms with van der Waals surface area (Å²) in [5.74, 6) is 1.79. The van der Waals surface area contributed by atoms with Gasteiger partial charge in [-0.15, -0.1) is 11.8 Å². The lowest BCUT2D eigenvalue weighted by molar-refractivity contribution is -0.139. The summed E-state index contributed by atoms with van der Waals surface area (Å²) in [6.07, 6.45) is 5.24. The molecule has 1 aliphatic carbocycles. The molecule has 2 amide bonds. The van der Waals surface area contributed by atoms with Crippen LogP contribution in [0.1, 0.15) is 58.4 Å². The first-order valence-electron chi connectivity index (χ1n) is 10.0. The third kappa shape index (κ3) is 4.40. The standard InChI is InChI=1S/C22H29NO3S/c1-4-27-20-19(16-10-12-18(13-11-16)26-14-15(2)3)21(24)23(22(20)25)17-8-6-5-7-9-17/h10-13,15,17H,4-9,14H2,1-3H3. The fourth-order valence-corrected chi connectivity index (χ4v) is 4.57. The van der Waals surface area contributed by atoms with Gasteiger partial charge in [0.15, 0.2) is 0 Å². The number of nitrogens with zero attached hydrogens (tertiary/aromatic N) is 1. The molecule has 5 heteroatoms. The number of rotatable bonds is 7. The van der Waals surface area contributed by atoms with Crippen molar-refractivity contribution in [1.29, 1.82) is 0 Å². The summed E-state index contributed by atoms with van der Waals surface area (Å²) in [6.45, 7) is 6.89. The van der Waals surface area contributed by atoms with Crippen molar-refractivity contribution in [3.05, 3.63) is 34.7 Å². The van der Waals surface area contributed by atoms with E-state index in [2.05, 4.69) is 13.8 Å². The zero-order valence-corrected chi connectivity index (χ0v) is 17.3. The number of hydrogen-bond acceptors (Lipinski definition) is 4. The fraction of sp³-hybridized carbons (Fsp3) is 0.545. The molecule has 0 unspecified atom stereocenters. The highest BCUT2D eigenvalue weighted by atomic mass is 32.2. The van der Waals surface area contributed by atoms with Crippen LogP contribution in [-0.2, 0) is 9.59 Å². The molecule has 4 nitrogen and oxygen atoms in total. The zero-order chi connectivity index (χ0) is 19.4. The molecule has 1 saturated carbocycles. The monoisotopic (exact) mass is 387 g/mol. The van der Waals surface area contributed by atoms with E-state index in [4.69, 9.17) is 4.74 Å². The molecule has 0 bridgehead atoms. The van der Waals surface area contributed by atoms with Crippen LogP contribution in [0.5, 0.6) is 5.75 Å². The van der Waals surface area contributed by atoms with Gasteiger partial charge in [-0.2, -0.15) is 0 Å². The molecule has 1 aliphatic heterocycles. The van der Waals surface area contributed by atoms with Gasteiger partial charge in [-0.25, -0.2) is 0 Å². The van der Waals surface area contributed by atoms with Gasteiger partial charge < -0.3 is 4.74 Å². The van der Waals surface area contributed by atoms with Crippen LogP contribution in [0.25, 0.3) is 5.57 Å². The Kier molecular flexibility index (Phi) is 6.64. The van der Waals surface area contributed by atoms with E-state index < -0.39 is 0 Å². The normalized spacial score (nSPS) is 18.7. The van der Waals surface area contributed by atoms with E-state index in [0.717, 1.165) is 42.7 Å². The van der Waals surface area contributed by atoms with Crippen LogP contribution in [0.3, 0.4) is 0 Å². The summed E-state index contributed by atoms with van der Waals surface area (Å²) in [6, 6.07) is 7.63. The molecule has 0 saturated heterocycles. The van der Waals surface area contributed by atoms with Crippen molar-refractivity contribution in [3.8, 4) is 5.75 Å². The van der Waals surface area contributed by atoms with E-state index in [1.54, 1.807) is 0 Å². The number of carbonyl (C=O) groups excluding carboxylic acids is 2. The van der Waals surface area contributed by atoms with Gasteiger partial charge in [0.25, 0.3) is 11.8 Å². The molecular formula is C22H29NO3S. The van der Waals surface area contributed by atoms with E-state index in [1.807, 2.05) is 31.2 Å². The summed E-state index contributed by atoms with van der Waals surface area (Å²) in [5.41, 5.74) is 1.37. The molecule has 27 heavy (non-hydrogen) atoms. The average Bonchev–Trinajstić information content (AvgIpc) is 2.91. The van der Waals surface area contributed by atoms with Crippen molar-refractivity contribution >= 4 is 29.1 Å². The topological polar surface area (TPSA) is 46.6 Å². The maximum absolute atomic E-state index is 13.2. The first-order chi connectivity index (χ1) is 13.0. The largest absolute Gasteiger partial charge is 0.493 e. The van der Waals surface area contributed by atoms with Crippen LogP contribution < -0.4 is 4.74 Å². The first-order valence-corrected chi connectivity index (χ1v) is 11.0. The minimum atomic E-state index is -0.126. The van der Waals surface area contributed by atoms with E-state index in [-0.39, 0.29) is 17.9 Å². The Balaban J connectivity index is 1.86. The van der Waals surface area contributed by atoms with Crippen LogP contribution >= 0.6 is 11.8 Å². The molecule has 0 N–H and O–H groups in total. The van der Waals surface area contributed by atoms with Crippen molar-refractivity contribution in [2.45, 2.75) is 58.9 Å². The lowest BCUT2D eigenvalue weighted by Crippen LogP contribution is -2.42. The Labute approximate surface area is 166 Å². The molecule has 2 aliphatic rings. The second-order valence-corrected chi connectivity index (χ2v) is 8.91. The SMILES string of the molecule is CCSC1=C(c2ccc(OCC(C)C)cc2)C(=O)N(C2CCCCC2)C1=O. The van der Waals surface area contributed by atoms with Gasteiger partial charge in [0.1, 0.15) is 5.75 Å². The van der Waals surface area contributed by atoms with Gasteiger partial charge in [-0.05, 0) is 42.2 Å². The number of imide groups is 1. The van der Waals surface area contributed by atoms with Crippen LogP contribution in [0.2, 0.25) is 0 Å². The summed E-state index contributed by atoms with van der Waals surface area (Å²) in [7, 11) is 0. The Morgan fingerprint density at radius 2 is 1.74 bits per heavy atom. The molecule has 0 aromatic heterocycles. The number of thioether (sulfide) groups is 1. The number of benzene rings is 1. The van der Waals surface area contributed by atoms with Gasteiger partial charge in [0.05, 0.1) is 17.1 Å². The zero-order valence-electron chi connectivity index (χ0n) is 16.5. The Morgan fingerprint density at radius 3 is 2.33 bits per heavy atom. The minimum absolute atomic E-state index is 0.0531. The number of hydrogen-bond donors (Lipinski definition) is 0. The molecule has 1 aromatic carbocycles. The third-order valence-corrected chi connectivity index (χ3v) is 5.98. The van der Waals surface area contributed by atoms with Gasteiger partial charge in [0.2, 0.25) is 0 Å². The van der Waals surface area contributed by atoms with Crippen LogP contribution in [-0.4, -0.2) is 35.1 Å². The summed E-state index contributed by atoms with van der Waals surface area (Å²) < 4.78 is 5.74. The summed E-state index contributed by atoms with van der Waals surface area (Å²) >= 11 is 1.48. The predicted octanol–water partition coefficient (Wildman–Crippen LogP) is 4.89. The highest BCUT2D eigenvalue weighted by Crippen LogP contribution is 2.39. The third-order valence-electron chi connectivity index (χ3n) is 5.03. The van der Waals surface area contributed by atoms with Gasteiger partial charge in [0, 0.05) is 6.04 Å². The van der Waals surface area contributed by atoms with Crippen LogP contribution in [0, 0.1) is 5.92 Å². The average molecular weight is 388 g/mol. The first kappa shape index (κ1) is 20.0. The maximum Gasteiger partial charge on any atom is 0.268 e.